The summed E-state index contributed by atoms with van der Waals surface area (Å²) < 4.78 is 52.7. The Morgan fingerprint density at radius 3 is 2.00 bits per heavy atom. The van der Waals surface area contributed by atoms with Crippen molar-refractivity contribution in [3.8, 4) is 0 Å². The second-order valence-electron chi connectivity index (χ2n) is 1.83. The van der Waals surface area contributed by atoms with E-state index in [1.54, 1.807) is 0 Å². The first-order chi connectivity index (χ1) is 5.12. The van der Waals surface area contributed by atoms with Crippen LogP contribution >= 0.6 is 0 Å². The molecule has 0 spiro atoms. The van der Waals surface area contributed by atoms with Crippen molar-refractivity contribution in [3.63, 3.8) is 0 Å². The molecule has 0 aliphatic rings. The van der Waals surface area contributed by atoms with Crippen LogP contribution < -0.4 is 0 Å². The Morgan fingerprint density at radius 1 is 1.33 bits per heavy atom. The van der Waals surface area contributed by atoms with Crippen LogP contribution in [0.5, 0.6) is 0 Å². The summed E-state index contributed by atoms with van der Waals surface area (Å²) in [6, 6.07) is 0. The molecule has 0 radical (unpaired) electrons. The summed E-state index contributed by atoms with van der Waals surface area (Å²) in [5.74, 6) is -1.17. The average molecular weight is 218 g/mol. The van der Waals surface area contributed by atoms with Crippen molar-refractivity contribution >= 4 is 26.2 Å². The molecule has 72 valence electrons. The van der Waals surface area contributed by atoms with E-state index in [0.29, 0.717) is 0 Å². The highest BCUT2D eigenvalue weighted by Crippen LogP contribution is 1.97. The molecule has 0 amide bonds. The molecule has 12 heavy (non-hydrogen) atoms. The van der Waals surface area contributed by atoms with Gasteiger partial charge in [0.15, 0.2) is 0 Å². The quantitative estimate of drug-likeness (QED) is 0.463. The van der Waals surface area contributed by atoms with E-state index in [-0.39, 0.29) is 0 Å². The van der Waals surface area contributed by atoms with Gasteiger partial charge in [-0.3, -0.25) is 9.35 Å². The van der Waals surface area contributed by atoms with Crippen molar-refractivity contribution in [2.24, 2.45) is 0 Å². The first kappa shape index (κ1) is 11.3. The highest BCUT2D eigenvalue weighted by atomic mass is 32.3. The van der Waals surface area contributed by atoms with Gasteiger partial charge in [-0.25, -0.2) is 0 Å². The topological polar surface area (TPSA) is 115 Å². The Hall–Kier alpha value is -0.670. The number of hydrogen-bond donors (Lipinski definition) is 1. The number of hydrogen-bond acceptors (Lipinski definition) is 6. The van der Waals surface area contributed by atoms with Crippen molar-refractivity contribution in [2.45, 2.75) is 6.92 Å². The summed E-state index contributed by atoms with van der Waals surface area (Å²) in [6.07, 6.45) is 0. The van der Waals surface area contributed by atoms with Crippen LogP contribution in [0.3, 0.4) is 0 Å². The van der Waals surface area contributed by atoms with Crippen LogP contribution in [0.2, 0.25) is 0 Å². The minimum Gasteiger partial charge on any atom is -0.345 e. The lowest BCUT2D eigenvalue weighted by Crippen LogP contribution is -2.19. The molecule has 0 saturated carbocycles. The van der Waals surface area contributed by atoms with Crippen LogP contribution in [0.4, 0.5) is 0 Å². The molecule has 0 rings (SSSR count). The lowest BCUT2D eigenvalue weighted by molar-refractivity contribution is -0.131. The zero-order valence-corrected chi connectivity index (χ0v) is 7.55. The second kappa shape index (κ2) is 3.37. The van der Waals surface area contributed by atoms with Gasteiger partial charge in [0.25, 0.3) is 10.1 Å². The molecule has 0 bridgehead atoms. The van der Waals surface area contributed by atoms with Gasteiger partial charge in [0.1, 0.15) is 0 Å². The standard InChI is InChI=1S/C3H6O7S2/c1-3(4)10-12(8,9)2-11(5,6)7/h2H2,1H3,(H,5,6,7). The smallest absolute Gasteiger partial charge is 0.328 e. The Balaban J connectivity index is 4.58. The highest BCUT2D eigenvalue weighted by Gasteiger charge is 2.22. The Labute approximate surface area is 69.2 Å². The van der Waals surface area contributed by atoms with Gasteiger partial charge in [-0.15, -0.1) is 0 Å². The predicted molar refractivity (Wildman–Crippen MR) is 37.1 cm³/mol. The van der Waals surface area contributed by atoms with E-state index >= 15 is 0 Å². The van der Waals surface area contributed by atoms with Gasteiger partial charge >= 0.3 is 16.1 Å². The fourth-order valence-corrected chi connectivity index (χ4v) is 2.39. The van der Waals surface area contributed by atoms with Gasteiger partial charge in [0.05, 0.1) is 0 Å². The molecule has 0 fully saturated rings. The molecule has 0 atom stereocenters. The largest absolute Gasteiger partial charge is 0.345 e. The van der Waals surface area contributed by atoms with Crippen LogP contribution in [0, 0.1) is 0 Å². The van der Waals surface area contributed by atoms with Crippen molar-refractivity contribution < 1.29 is 30.4 Å². The van der Waals surface area contributed by atoms with Crippen molar-refractivity contribution in [1.29, 1.82) is 0 Å². The lowest BCUT2D eigenvalue weighted by Gasteiger charge is -1.99. The lowest BCUT2D eigenvalue weighted by atomic mass is 10.9. The van der Waals surface area contributed by atoms with Crippen LogP contribution in [-0.4, -0.2) is 32.4 Å². The second-order valence-corrected chi connectivity index (χ2v) is 5.22. The molecule has 0 heterocycles. The Kier molecular flexibility index (Phi) is 3.18. The van der Waals surface area contributed by atoms with E-state index in [0.717, 1.165) is 6.92 Å². The zero-order valence-electron chi connectivity index (χ0n) is 5.92. The molecular formula is C3H6O7S2. The van der Waals surface area contributed by atoms with E-state index < -0.39 is 31.3 Å². The summed E-state index contributed by atoms with van der Waals surface area (Å²) in [4.78, 5) is 10.1. The minimum atomic E-state index is -4.69. The van der Waals surface area contributed by atoms with Gasteiger partial charge in [-0.2, -0.15) is 16.8 Å². The van der Waals surface area contributed by atoms with Gasteiger partial charge < -0.3 is 4.18 Å². The van der Waals surface area contributed by atoms with E-state index in [4.69, 9.17) is 4.55 Å². The monoisotopic (exact) mass is 218 g/mol. The van der Waals surface area contributed by atoms with Crippen LogP contribution in [-0.2, 0) is 29.2 Å². The molecule has 0 saturated heterocycles. The SMILES string of the molecule is CC(=O)OS(=O)(=O)CS(=O)(=O)O. The number of rotatable bonds is 3. The molecule has 0 aromatic carbocycles. The minimum absolute atomic E-state index is 0.793. The highest BCUT2D eigenvalue weighted by molar-refractivity contribution is 8.03. The molecule has 0 aliphatic heterocycles. The summed E-state index contributed by atoms with van der Waals surface area (Å²) in [7, 11) is -9.22. The molecule has 7 nitrogen and oxygen atoms in total. The molecule has 0 unspecified atom stereocenters. The van der Waals surface area contributed by atoms with E-state index in [9.17, 15) is 21.6 Å². The Bertz CT molecular complexity index is 359. The summed E-state index contributed by atoms with van der Waals surface area (Å²) in [6.45, 7) is 0.793. The zero-order chi connectivity index (χ0) is 9.99. The maximum absolute atomic E-state index is 10.5. The average Bonchev–Trinajstić information content (AvgIpc) is 1.48. The van der Waals surface area contributed by atoms with Crippen molar-refractivity contribution in [3.05, 3.63) is 0 Å². The van der Waals surface area contributed by atoms with Gasteiger partial charge in [-0.05, 0) is 0 Å². The third kappa shape index (κ3) is 6.07. The number of carbonyl (C=O) groups is 1. The predicted octanol–water partition coefficient (Wildman–Crippen LogP) is -1.28. The third-order valence-electron chi connectivity index (χ3n) is 0.538. The maximum atomic E-state index is 10.5. The molecule has 0 aliphatic carbocycles. The fourth-order valence-electron chi connectivity index (χ4n) is 0.385. The molecular weight excluding hydrogens is 212 g/mol. The molecule has 0 aromatic heterocycles. The van der Waals surface area contributed by atoms with Gasteiger partial charge in [0, 0.05) is 6.92 Å². The van der Waals surface area contributed by atoms with E-state index in [1.807, 2.05) is 0 Å². The summed E-state index contributed by atoms with van der Waals surface area (Å²) in [5, 5.41) is -1.63. The van der Waals surface area contributed by atoms with Gasteiger partial charge in [0.2, 0.25) is 5.08 Å². The van der Waals surface area contributed by atoms with Crippen LogP contribution in [0.15, 0.2) is 0 Å². The van der Waals surface area contributed by atoms with Crippen molar-refractivity contribution in [2.75, 3.05) is 5.08 Å². The molecule has 1 N–H and O–H groups in total. The fraction of sp³-hybridized carbons (Fsp3) is 0.667. The molecule has 9 heteroatoms. The molecule has 0 aromatic rings. The summed E-state index contributed by atoms with van der Waals surface area (Å²) >= 11 is 0. The van der Waals surface area contributed by atoms with Crippen LogP contribution in [0.1, 0.15) is 6.92 Å². The van der Waals surface area contributed by atoms with E-state index in [2.05, 4.69) is 4.18 Å². The number of carbonyl (C=O) groups excluding carboxylic acids is 1. The first-order valence-corrected chi connectivity index (χ1v) is 5.69. The van der Waals surface area contributed by atoms with E-state index in [1.165, 1.54) is 0 Å². The first-order valence-electron chi connectivity index (χ1n) is 2.50. The van der Waals surface area contributed by atoms with Crippen LogP contribution in [0.25, 0.3) is 0 Å². The Morgan fingerprint density at radius 2 is 1.75 bits per heavy atom. The summed E-state index contributed by atoms with van der Waals surface area (Å²) in [5.41, 5.74) is 0. The van der Waals surface area contributed by atoms with Crippen molar-refractivity contribution in [1.82, 2.24) is 0 Å². The van der Waals surface area contributed by atoms with Gasteiger partial charge in [-0.1, -0.05) is 0 Å². The maximum Gasteiger partial charge on any atom is 0.328 e. The normalized spacial score (nSPS) is 12.5. The third-order valence-corrected chi connectivity index (χ3v) is 3.37.